The first-order valence-corrected chi connectivity index (χ1v) is 8.70. The maximum atomic E-state index is 12.3. The van der Waals surface area contributed by atoms with E-state index in [1.807, 2.05) is 30.3 Å². The number of halogens is 1. The van der Waals surface area contributed by atoms with Gasteiger partial charge in [-0.2, -0.15) is 0 Å². The largest absolute Gasteiger partial charge is 0.348 e. The van der Waals surface area contributed by atoms with Crippen LogP contribution in [0.15, 0.2) is 30.3 Å². The summed E-state index contributed by atoms with van der Waals surface area (Å²) in [4.78, 5) is 12.3. The minimum atomic E-state index is -0.960. The lowest BCUT2D eigenvalue weighted by Crippen LogP contribution is -2.36. The van der Waals surface area contributed by atoms with Gasteiger partial charge < -0.3 is 11.1 Å². The van der Waals surface area contributed by atoms with E-state index < -0.39 is 10.8 Å². The molecule has 21 heavy (non-hydrogen) atoms. The predicted octanol–water partition coefficient (Wildman–Crippen LogP) is 1.77. The van der Waals surface area contributed by atoms with Crippen molar-refractivity contribution in [1.29, 1.82) is 0 Å². The molecular weight excluding hydrogens is 308 g/mol. The first-order valence-electron chi connectivity index (χ1n) is 6.97. The maximum absolute atomic E-state index is 12.3. The van der Waals surface area contributed by atoms with E-state index in [1.54, 1.807) is 6.26 Å². The van der Waals surface area contributed by atoms with Gasteiger partial charge in [0.15, 0.2) is 0 Å². The maximum Gasteiger partial charge on any atom is 0.223 e. The van der Waals surface area contributed by atoms with Crippen LogP contribution >= 0.6 is 12.4 Å². The van der Waals surface area contributed by atoms with Gasteiger partial charge in [0.25, 0.3) is 0 Å². The number of rotatable bonds is 5. The van der Waals surface area contributed by atoms with E-state index in [9.17, 15) is 9.00 Å². The van der Waals surface area contributed by atoms with E-state index in [4.69, 9.17) is 5.73 Å². The Hall–Kier alpha value is -0.910. The molecule has 0 aliphatic heterocycles. The molecule has 1 aromatic carbocycles. The van der Waals surface area contributed by atoms with Crippen LogP contribution in [-0.4, -0.2) is 28.2 Å². The number of nitrogens with one attached hydrogen (secondary N) is 1. The van der Waals surface area contributed by atoms with Gasteiger partial charge in [-0.3, -0.25) is 9.00 Å². The number of carbonyl (C=O) groups excluding carboxylic acids is 1. The van der Waals surface area contributed by atoms with Gasteiger partial charge in [-0.15, -0.1) is 12.4 Å². The second kappa shape index (κ2) is 8.51. The van der Waals surface area contributed by atoms with Gasteiger partial charge in [-0.25, -0.2) is 0 Å². The fourth-order valence-electron chi connectivity index (χ4n) is 2.69. The van der Waals surface area contributed by atoms with Crippen LogP contribution in [0.1, 0.15) is 30.9 Å². The van der Waals surface area contributed by atoms with E-state index in [2.05, 4.69) is 5.32 Å². The molecule has 2 rings (SSSR count). The van der Waals surface area contributed by atoms with Gasteiger partial charge in [0.05, 0.1) is 6.04 Å². The highest BCUT2D eigenvalue weighted by atomic mass is 35.5. The second-order valence-electron chi connectivity index (χ2n) is 5.48. The average molecular weight is 331 g/mol. The quantitative estimate of drug-likeness (QED) is 0.864. The zero-order chi connectivity index (χ0) is 14.5. The predicted molar refractivity (Wildman–Crippen MR) is 88.8 cm³/mol. The van der Waals surface area contributed by atoms with E-state index in [0.29, 0.717) is 5.75 Å². The van der Waals surface area contributed by atoms with Gasteiger partial charge in [0.1, 0.15) is 0 Å². The molecule has 1 aromatic rings. The molecule has 1 amide bonds. The first kappa shape index (κ1) is 18.1. The first-order chi connectivity index (χ1) is 9.56. The Morgan fingerprint density at radius 3 is 2.57 bits per heavy atom. The third-order valence-electron chi connectivity index (χ3n) is 3.76. The summed E-state index contributed by atoms with van der Waals surface area (Å²) in [5, 5.41) is 3.04. The molecule has 0 saturated heterocycles. The summed E-state index contributed by atoms with van der Waals surface area (Å²) >= 11 is 0. The van der Waals surface area contributed by atoms with E-state index >= 15 is 0 Å². The van der Waals surface area contributed by atoms with E-state index in [1.165, 1.54) is 0 Å². The van der Waals surface area contributed by atoms with Crippen molar-refractivity contribution in [1.82, 2.24) is 5.32 Å². The van der Waals surface area contributed by atoms with Gasteiger partial charge in [-0.05, 0) is 24.8 Å². The lowest BCUT2D eigenvalue weighted by atomic mass is 10.0. The van der Waals surface area contributed by atoms with Gasteiger partial charge >= 0.3 is 0 Å². The molecule has 0 heterocycles. The monoisotopic (exact) mass is 330 g/mol. The summed E-state index contributed by atoms with van der Waals surface area (Å²) in [6.07, 6.45) is 4.17. The number of hydrogen-bond donors (Lipinski definition) is 2. The Balaban J connectivity index is 0.00000220. The highest BCUT2D eigenvalue weighted by Gasteiger charge is 2.29. The van der Waals surface area contributed by atoms with Gasteiger partial charge in [0, 0.05) is 34.8 Å². The molecule has 1 fully saturated rings. The fourth-order valence-corrected chi connectivity index (χ4v) is 3.43. The summed E-state index contributed by atoms with van der Waals surface area (Å²) < 4.78 is 11.5. The molecule has 4 nitrogen and oxygen atoms in total. The Kier molecular flexibility index (Phi) is 7.35. The molecule has 6 heteroatoms. The zero-order valence-electron chi connectivity index (χ0n) is 12.2. The zero-order valence-corrected chi connectivity index (χ0v) is 13.8. The molecule has 0 radical (unpaired) electrons. The third kappa shape index (κ3) is 5.41. The lowest BCUT2D eigenvalue weighted by molar-refractivity contribution is -0.125. The van der Waals surface area contributed by atoms with Crippen molar-refractivity contribution in [2.24, 2.45) is 11.7 Å². The van der Waals surface area contributed by atoms with Crippen molar-refractivity contribution in [3.63, 3.8) is 0 Å². The topological polar surface area (TPSA) is 72.2 Å². The Morgan fingerprint density at radius 1 is 1.38 bits per heavy atom. The molecule has 1 aliphatic carbocycles. The molecule has 118 valence electrons. The second-order valence-corrected chi connectivity index (χ2v) is 6.96. The molecule has 0 aromatic heterocycles. The van der Waals surface area contributed by atoms with Crippen molar-refractivity contribution in [3.05, 3.63) is 35.9 Å². The standard InChI is InChI=1S/C15H22N2O2S.ClH/c1-20(19)10-14(11-5-3-2-4-6-11)17-15(18)12-7-8-13(16)9-12;/h2-6,12-14H,7-10,16H2,1H3,(H,17,18);1H. The van der Waals surface area contributed by atoms with Crippen LogP contribution in [0.3, 0.4) is 0 Å². The van der Waals surface area contributed by atoms with E-state index in [-0.39, 0.29) is 36.3 Å². The minimum Gasteiger partial charge on any atom is -0.348 e. The highest BCUT2D eigenvalue weighted by molar-refractivity contribution is 7.84. The Labute approximate surface area is 134 Å². The van der Waals surface area contributed by atoms with Gasteiger partial charge in [0.2, 0.25) is 5.91 Å². The summed E-state index contributed by atoms with van der Waals surface area (Å²) in [7, 11) is -0.960. The van der Waals surface area contributed by atoms with Crippen molar-refractivity contribution < 1.29 is 9.00 Å². The normalized spacial score (nSPS) is 23.9. The SMILES string of the molecule is CS(=O)CC(NC(=O)C1CCC(N)C1)c1ccccc1.Cl. The average Bonchev–Trinajstić information content (AvgIpc) is 2.85. The lowest BCUT2D eigenvalue weighted by Gasteiger charge is -2.20. The van der Waals surface area contributed by atoms with Crippen LogP contribution in [0.2, 0.25) is 0 Å². The number of amides is 1. The molecule has 4 unspecified atom stereocenters. The number of benzene rings is 1. The van der Waals surface area contributed by atoms with Crippen LogP contribution in [0, 0.1) is 5.92 Å². The molecular formula is C15H23ClN2O2S. The van der Waals surface area contributed by atoms with Crippen molar-refractivity contribution >= 4 is 29.1 Å². The highest BCUT2D eigenvalue weighted by Crippen LogP contribution is 2.25. The number of nitrogens with two attached hydrogens (primary N) is 1. The van der Waals surface area contributed by atoms with Crippen LogP contribution in [0.25, 0.3) is 0 Å². The third-order valence-corrected chi connectivity index (χ3v) is 4.57. The molecule has 4 atom stereocenters. The fraction of sp³-hybridized carbons (Fsp3) is 0.533. The molecule has 0 spiro atoms. The molecule has 0 bridgehead atoms. The summed E-state index contributed by atoms with van der Waals surface area (Å²) in [5.74, 6) is 0.480. The van der Waals surface area contributed by atoms with Crippen molar-refractivity contribution in [2.75, 3.05) is 12.0 Å². The smallest absolute Gasteiger partial charge is 0.223 e. The Morgan fingerprint density at radius 2 is 2.05 bits per heavy atom. The van der Waals surface area contributed by atoms with Crippen molar-refractivity contribution in [3.8, 4) is 0 Å². The molecule has 1 aliphatic rings. The van der Waals surface area contributed by atoms with Crippen LogP contribution < -0.4 is 11.1 Å². The Bertz CT molecular complexity index is 484. The summed E-state index contributed by atoms with van der Waals surface area (Å²) in [6.45, 7) is 0. The molecule has 3 N–H and O–H groups in total. The van der Waals surface area contributed by atoms with Crippen LogP contribution in [0.4, 0.5) is 0 Å². The minimum absolute atomic E-state index is 0. The number of carbonyl (C=O) groups is 1. The van der Waals surface area contributed by atoms with Gasteiger partial charge in [-0.1, -0.05) is 30.3 Å². The summed E-state index contributed by atoms with van der Waals surface area (Å²) in [6, 6.07) is 9.65. The summed E-state index contributed by atoms with van der Waals surface area (Å²) in [5.41, 5.74) is 6.86. The molecule has 1 saturated carbocycles. The van der Waals surface area contributed by atoms with Crippen LogP contribution in [0.5, 0.6) is 0 Å². The van der Waals surface area contributed by atoms with E-state index in [0.717, 1.165) is 24.8 Å². The number of hydrogen-bond acceptors (Lipinski definition) is 3. The van der Waals surface area contributed by atoms with Crippen LogP contribution in [-0.2, 0) is 15.6 Å². The van der Waals surface area contributed by atoms with Crippen molar-refractivity contribution in [2.45, 2.75) is 31.3 Å².